The van der Waals surface area contributed by atoms with E-state index in [9.17, 15) is 9.59 Å². The third-order valence-corrected chi connectivity index (χ3v) is 4.75. The van der Waals surface area contributed by atoms with Gasteiger partial charge in [-0.2, -0.15) is 5.10 Å². The molecule has 1 N–H and O–H groups in total. The summed E-state index contributed by atoms with van der Waals surface area (Å²) < 4.78 is 6.71. The predicted octanol–water partition coefficient (Wildman–Crippen LogP) is -0.399. The first-order chi connectivity index (χ1) is 11.5. The van der Waals surface area contributed by atoms with E-state index in [-0.39, 0.29) is 23.9 Å². The highest BCUT2D eigenvalue weighted by molar-refractivity contribution is 5.95. The number of amides is 2. The van der Waals surface area contributed by atoms with Crippen LogP contribution in [0, 0.1) is 0 Å². The molecule has 3 rings (SSSR count). The summed E-state index contributed by atoms with van der Waals surface area (Å²) in [4.78, 5) is 28.6. The van der Waals surface area contributed by atoms with E-state index in [1.807, 2.05) is 7.05 Å². The lowest BCUT2D eigenvalue weighted by Gasteiger charge is -2.46. The fourth-order valence-corrected chi connectivity index (χ4v) is 3.44. The molecule has 0 aromatic carbocycles. The van der Waals surface area contributed by atoms with E-state index in [4.69, 9.17) is 4.74 Å². The highest BCUT2D eigenvalue weighted by Crippen LogP contribution is 2.22. The molecule has 24 heavy (non-hydrogen) atoms. The van der Waals surface area contributed by atoms with Gasteiger partial charge in [0, 0.05) is 47.0 Å². The summed E-state index contributed by atoms with van der Waals surface area (Å²) in [6.45, 7) is 2.58. The van der Waals surface area contributed by atoms with Gasteiger partial charge in [0.2, 0.25) is 5.91 Å². The van der Waals surface area contributed by atoms with Gasteiger partial charge in [0.25, 0.3) is 5.91 Å². The number of piperidine rings is 1. The van der Waals surface area contributed by atoms with Crippen LogP contribution in [-0.2, 0) is 23.2 Å². The number of likely N-dealkylation sites (tertiary alicyclic amines) is 2. The lowest BCUT2D eigenvalue weighted by Crippen LogP contribution is -2.65. The van der Waals surface area contributed by atoms with E-state index in [1.165, 1.54) is 0 Å². The van der Waals surface area contributed by atoms with Gasteiger partial charge in [-0.25, -0.2) is 0 Å². The molecular weight excluding hydrogens is 310 g/mol. The number of carbonyl (C=O) groups excluding carboxylic acids is 2. The summed E-state index contributed by atoms with van der Waals surface area (Å²) in [5, 5.41) is 7.27. The maximum atomic E-state index is 12.4. The number of aryl methyl sites for hydroxylation is 1. The zero-order valence-electron chi connectivity index (χ0n) is 14.5. The average molecular weight is 335 g/mol. The Kier molecular flexibility index (Phi) is 4.86. The number of aromatic nitrogens is 2. The number of methoxy groups -OCH3 is 1. The molecule has 3 heterocycles. The monoisotopic (exact) mass is 335 g/mol. The largest absolute Gasteiger partial charge is 0.378 e. The van der Waals surface area contributed by atoms with Crippen LogP contribution in [0.2, 0.25) is 0 Å². The molecule has 2 aliphatic rings. The third kappa shape index (κ3) is 3.29. The molecule has 132 valence electrons. The second-order valence-electron chi connectivity index (χ2n) is 6.64. The molecule has 1 aromatic heterocycles. The van der Waals surface area contributed by atoms with Crippen LogP contribution in [0.5, 0.6) is 0 Å². The third-order valence-electron chi connectivity index (χ3n) is 4.75. The molecule has 8 nitrogen and oxygen atoms in total. The van der Waals surface area contributed by atoms with Crippen LogP contribution in [0.15, 0.2) is 6.20 Å². The van der Waals surface area contributed by atoms with E-state index in [2.05, 4.69) is 15.3 Å². The molecule has 0 spiro atoms. The number of rotatable bonds is 5. The van der Waals surface area contributed by atoms with Gasteiger partial charge in [-0.3, -0.25) is 19.2 Å². The second kappa shape index (κ2) is 6.90. The van der Waals surface area contributed by atoms with Crippen molar-refractivity contribution >= 4 is 11.8 Å². The number of nitrogens with one attached hydrogen (secondary N) is 1. The van der Waals surface area contributed by atoms with Gasteiger partial charge < -0.3 is 15.0 Å². The summed E-state index contributed by atoms with van der Waals surface area (Å²) in [5.41, 5.74) is 1.18. The predicted molar refractivity (Wildman–Crippen MR) is 87.4 cm³/mol. The van der Waals surface area contributed by atoms with Gasteiger partial charge in [0.05, 0.1) is 24.3 Å². The Bertz CT molecular complexity index is 623. The highest BCUT2D eigenvalue weighted by atomic mass is 16.5. The van der Waals surface area contributed by atoms with Crippen molar-refractivity contribution in [3.63, 3.8) is 0 Å². The molecule has 2 aliphatic heterocycles. The number of hydrogen-bond acceptors (Lipinski definition) is 5. The maximum absolute atomic E-state index is 12.4. The van der Waals surface area contributed by atoms with Crippen LogP contribution < -0.4 is 5.32 Å². The molecule has 0 saturated carbocycles. The Morgan fingerprint density at radius 3 is 2.88 bits per heavy atom. The van der Waals surface area contributed by atoms with E-state index >= 15 is 0 Å². The van der Waals surface area contributed by atoms with Crippen LogP contribution >= 0.6 is 0 Å². The number of carbonyl (C=O) groups is 2. The molecule has 2 fully saturated rings. The van der Waals surface area contributed by atoms with E-state index < -0.39 is 0 Å². The van der Waals surface area contributed by atoms with Crippen molar-refractivity contribution in [2.24, 2.45) is 7.05 Å². The molecule has 1 atom stereocenters. The van der Waals surface area contributed by atoms with Crippen molar-refractivity contribution in [1.29, 1.82) is 0 Å². The number of likely N-dealkylation sites (N-methyl/N-ethyl adjacent to an activating group) is 1. The van der Waals surface area contributed by atoms with E-state index in [0.717, 1.165) is 32.5 Å². The first-order valence-electron chi connectivity index (χ1n) is 8.31. The van der Waals surface area contributed by atoms with Gasteiger partial charge in [0.15, 0.2) is 0 Å². The average Bonchev–Trinajstić information content (AvgIpc) is 2.87. The Labute approximate surface area is 141 Å². The fraction of sp³-hybridized carbons (Fsp3) is 0.688. The van der Waals surface area contributed by atoms with Crippen molar-refractivity contribution in [3.8, 4) is 0 Å². The lowest BCUT2D eigenvalue weighted by molar-refractivity contribution is -0.141. The molecule has 1 unspecified atom stereocenters. The van der Waals surface area contributed by atoms with Crippen LogP contribution in [0.3, 0.4) is 0 Å². The topological polar surface area (TPSA) is 79.7 Å². The van der Waals surface area contributed by atoms with Crippen molar-refractivity contribution in [3.05, 3.63) is 17.5 Å². The number of hydrogen-bond donors (Lipinski definition) is 1. The van der Waals surface area contributed by atoms with Gasteiger partial charge in [-0.15, -0.1) is 0 Å². The summed E-state index contributed by atoms with van der Waals surface area (Å²) in [7, 11) is 5.22. The molecular formula is C16H25N5O3. The molecule has 0 bridgehead atoms. The fourth-order valence-electron chi connectivity index (χ4n) is 3.44. The summed E-state index contributed by atoms with van der Waals surface area (Å²) >= 11 is 0. The van der Waals surface area contributed by atoms with Gasteiger partial charge in [-0.1, -0.05) is 0 Å². The molecule has 1 aromatic rings. The van der Waals surface area contributed by atoms with Crippen molar-refractivity contribution in [1.82, 2.24) is 24.9 Å². The second-order valence-corrected chi connectivity index (χ2v) is 6.64. The lowest BCUT2D eigenvalue weighted by atomic mass is 9.97. The minimum absolute atomic E-state index is 0.0284. The summed E-state index contributed by atoms with van der Waals surface area (Å²) in [6, 6.07) is 0.0486. The molecule has 2 amide bonds. The van der Waals surface area contributed by atoms with Crippen molar-refractivity contribution in [2.75, 3.05) is 33.8 Å². The number of nitrogens with zero attached hydrogens (tertiary/aromatic N) is 4. The van der Waals surface area contributed by atoms with E-state index in [0.29, 0.717) is 17.9 Å². The van der Waals surface area contributed by atoms with Crippen LogP contribution in [-0.4, -0.2) is 77.3 Å². The first-order valence-corrected chi connectivity index (χ1v) is 8.31. The molecule has 8 heteroatoms. The summed E-state index contributed by atoms with van der Waals surface area (Å²) in [5.74, 6) is 0.0626. The van der Waals surface area contributed by atoms with Crippen LogP contribution in [0.25, 0.3) is 0 Å². The van der Waals surface area contributed by atoms with Crippen LogP contribution in [0.1, 0.15) is 28.9 Å². The smallest absolute Gasteiger partial charge is 0.255 e. The quantitative estimate of drug-likeness (QED) is 0.792. The Morgan fingerprint density at radius 2 is 2.17 bits per heavy atom. The van der Waals surface area contributed by atoms with Crippen LogP contribution in [0.4, 0.5) is 0 Å². The minimum Gasteiger partial charge on any atom is -0.378 e. The zero-order valence-corrected chi connectivity index (χ0v) is 14.5. The standard InChI is InChI=1S/C16H25N5O3/c1-19-6-4-5-14(16(19)23)21-7-11(8-21)17-15(22)12-9-20(2)18-13(12)10-24-3/h9,11,14H,4-8,10H2,1-3H3,(H,17,22). The highest BCUT2D eigenvalue weighted by Gasteiger charge is 2.39. The molecule has 0 aliphatic carbocycles. The zero-order chi connectivity index (χ0) is 17.3. The molecule has 2 saturated heterocycles. The maximum Gasteiger partial charge on any atom is 0.255 e. The SMILES string of the molecule is COCc1nn(C)cc1C(=O)NC1CN(C2CCCN(C)C2=O)C1. The minimum atomic E-state index is -0.133. The number of ether oxygens (including phenoxy) is 1. The Morgan fingerprint density at radius 1 is 1.42 bits per heavy atom. The normalized spacial score (nSPS) is 22.5. The van der Waals surface area contributed by atoms with Gasteiger partial charge in [-0.05, 0) is 12.8 Å². The Balaban J connectivity index is 1.54. The molecule has 0 radical (unpaired) electrons. The van der Waals surface area contributed by atoms with E-state index in [1.54, 1.807) is 29.9 Å². The van der Waals surface area contributed by atoms with Gasteiger partial charge in [0.1, 0.15) is 5.69 Å². The summed E-state index contributed by atoms with van der Waals surface area (Å²) in [6.07, 6.45) is 3.65. The first kappa shape index (κ1) is 16.9. The van der Waals surface area contributed by atoms with Crippen molar-refractivity contribution in [2.45, 2.75) is 31.5 Å². The Hall–Kier alpha value is -1.93. The van der Waals surface area contributed by atoms with Crippen molar-refractivity contribution < 1.29 is 14.3 Å². The van der Waals surface area contributed by atoms with Gasteiger partial charge >= 0.3 is 0 Å².